The van der Waals surface area contributed by atoms with Crippen molar-refractivity contribution in [3.05, 3.63) is 58.3 Å². The standard InChI is InChI=1S/C19H22N2O2S/c22-18(20-12-4-9-15-7-2-1-3-8-15)16-10-5-13-21(16)19(23)17-11-6-14-24-17/h1-3,6-8,11,14,16H,4-5,9-10,12-13H2,(H,20,22)/t16-/m0/s1. The second kappa shape index (κ2) is 8.11. The summed E-state index contributed by atoms with van der Waals surface area (Å²) in [6.07, 6.45) is 3.49. The van der Waals surface area contributed by atoms with Crippen molar-refractivity contribution < 1.29 is 9.59 Å². The van der Waals surface area contributed by atoms with Crippen LogP contribution in [-0.2, 0) is 11.2 Å². The van der Waals surface area contributed by atoms with Gasteiger partial charge < -0.3 is 10.2 Å². The van der Waals surface area contributed by atoms with Crippen molar-refractivity contribution >= 4 is 23.2 Å². The van der Waals surface area contributed by atoms with Crippen molar-refractivity contribution in [3.8, 4) is 0 Å². The summed E-state index contributed by atoms with van der Waals surface area (Å²) in [5.74, 6) is -0.0441. The number of carbonyl (C=O) groups is 2. The number of carbonyl (C=O) groups excluding carboxylic acids is 2. The van der Waals surface area contributed by atoms with Gasteiger partial charge in [0, 0.05) is 13.1 Å². The van der Waals surface area contributed by atoms with Gasteiger partial charge in [-0.25, -0.2) is 0 Å². The van der Waals surface area contributed by atoms with Crippen molar-refractivity contribution in [3.63, 3.8) is 0 Å². The Kier molecular flexibility index (Phi) is 5.64. The maximum Gasteiger partial charge on any atom is 0.264 e. The number of nitrogens with one attached hydrogen (secondary N) is 1. The molecule has 0 radical (unpaired) electrons. The maximum atomic E-state index is 12.5. The van der Waals surface area contributed by atoms with Crippen molar-refractivity contribution in [1.29, 1.82) is 0 Å². The molecule has 0 bridgehead atoms. The van der Waals surface area contributed by atoms with Crippen molar-refractivity contribution in [1.82, 2.24) is 10.2 Å². The lowest BCUT2D eigenvalue weighted by atomic mass is 10.1. The first kappa shape index (κ1) is 16.7. The van der Waals surface area contributed by atoms with Crippen molar-refractivity contribution in [2.24, 2.45) is 0 Å². The fourth-order valence-electron chi connectivity index (χ4n) is 3.09. The van der Waals surface area contributed by atoms with E-state index < -0.39 is 0 Å². The molecule has 0 aliphatic carbocycles. The molecule has 1 fully saturated rings. The van der Waals surface area contributed by atoms with Crippen LogP contribution in [0.1, 0.15) is 34.5 Å². The molecule has 5 heteroatoms. The third-order valence-corrected chi connectivity index (χ3v) is 5.19. The summed E-state index contributed by atoms with van der Waals surface area (Å²) in [4.78, 5) is 27.4. The molecule has 2 amide bonds. The van der Waals surface area contributed by atoms with Crippen LogP contribution in [0.2, 0.25) is 0 Å². The molecular weight excluding hydrogens is 320 g/mol. The summed E-state index contributed by atoms with van der Waals surface area (Å²) < 4.78 is 0. The van der Waals surface area contributed by atoms with Crippen LogP contribution < -0.4 is 5.32 Å². The van der Waals surface area contributed by atoms with Crippen LogP contribution in [0.5, 0.6) is 0 Å². The molecule has 24 heavy (non-hydrogen) atoms. The maximum absolute atomic E-state index is 12.5. The van der Waals surface area contributed by atoms with E-state index >= 15 is 0 Å². The zero-order valence-corrected chi connectivity index (χ0v) is 14.4. The van der Waals surface area contributed by atoms with Gasteiger partial charge in [0.05, 0.1) is 4.88 Å². The van der Waals surface area contributed by atoms with Crippen LogP contribution >= 0.6 is 11.3 Å². The van der Waals surface area contributed by atoms with E-state index in [1.165, 1.54) is 16.9 Å². The Morgan fingerprint density at radius 1 is 1.17 bits per heavy atom. The zero-order valence-electron chi connectivity index (χ0n) is 13.6. The molecule has 2 heterocycles. The minimum Gasteiger partial charge on any atom is -0.354 e. The van der Waals surface area contributed by atoms with E-state index in [-0.39, 0.29) is 17.9 Å². The lowest BCUT2D eigenvalue weighted by Gasteiger charge is -2.23. The van der Waals surface area contributed by atoms with E-state index in [9.17, 15) is 9.59 Å². The minimum absolute atomic E-state index is 0.0214. The average Bonchev–Trinajstić information content (AvgIpc) is 3.30. The monoisotopic (exact) mass is 342 g/mol. The Morgan fingerprint density at radius 3 is 2.75 bits per heavy atom. The summed E-state index contributed by atoms with van der Waals surface area (Å²) >= 11 is 1.43. The number of amides is 2. The minimum atomic E-state index is -0.323. The predicted octanol–water partition coefficient (Wildman–Crippen LogP) is 3.10. The average molecular weight is 342 g/mol. The Morgan fingerprint density at radius 2 is 2.00 bits per heavy atom. The summed E-state index contributed by atoms with van der Waals surface area (Å²) in [6, 6.07) is 13.6. The zero-order chi connectivity index (χ0) is 16.8. The summed E-state index contributed by atoms with van der Waals surface area (Å²) in [5, 5.41) is 4.89. The number of thiophene rings is 1. The Bertz CT molecular complexity index is 670. The van der Waals surface area contributed by atoms with Crippen molar-refractivity contribution in [2.75, 3.05) is 13.1 Å². The van der Waals surface area contributed by atoms with Crippen LogP contribution in [0.25, 0.3) is 0 Å². The highest BCUT2D eigenvalue weighted by molar-refractivity contribution is 7.12. The van der Waals surface area contributed by atoms with Gasteiger partial charge in [0.2, 0.25) is 5.91 Å². The SMILES string of the molecule is O=C(NCCCc1ccccc1)[C@@H]1CCCN1C(=O)c1cccs1. The highest BCUT2D eigenvalue weighted by atomic mass is 32.1. The molecule has 126 valence electrons. The van der Waals surface area contributed by atoms with Crippen LogP contribution in [0.3, 0.4) is 0 Å². The smallest absolute Gasteiger partial charge is 0.264 e. The molecule has 0 unspecified atom stereocenters. The third-order valence-electron chi connectivity index (χ3n) is 4.33. The first-order valence-corrected chi connectivity index (χ1v) is 9.30. The highest BCUT2D eigenvalue weighted by Gasteiger charge is 2.34. The molecule has 0 spiro atoms. The largest absolute Gasteiger partial charge is 0.354 e. The number of aryl methyl sites for hydroxylation is 1. The highest BCUT2D eigenvalue weighted by Crippen LogP contribution is 2.22. The van der Waals surface area contributed by atoms with E-state index in [1.54, 1.807) is 4.90 Å². The number of nitrogens with zero attached hydrogens (tertiary/aromatic N) is 1. The van der Waals surface area contributed by atoms with E-state index in [0.717, 1.165) is 25.7 Å². The summed E-state index contributed by atoms with van der Waals surface area (Å²) in [5.41, 5.74) is 1.28. The molecule has 1 aromatic carbocycles. The van der Waals surface area contributed by atoms with Gasteiger partial charge in [-0.3, -0.25) is 9.59 Å². The van der Waals surface area contributed by atoms with Gasteiger partial charge in [0.1, 0.15) is 6.04 Å². The molecule has 2 aromatic rings. The lowest BCUT2D eigenvalue weighted by Crippen LogP contribution is -2.46. The Labute approximate surface area is 146 Å². The first-order chi connectivity index (χ1) is 11.8. The van der Waals surface area contributed by atoms with Gasteiger partial charge in [-0.2, -0.15) is 0 Å². The van der Waals surface area contributed by atoms with Gasteiger partial charge in [0.25, 0.3) is 5.91 Å². The topological polar surface area (TPSA) is 49.4 Å². The van der Waals surface area contributed by atoms with Gasteiger partial charge in [-0.1, -0.05) is 36.4 Å². The van der Waals surface area contributed by atoms with Gasteiger partial charge >= 0.3 is 0 Å². The van der Waals surface area contributed by atoms with Crippen LogP contribution in [0.15, 0.2) is 47.8 Å². The molecule has 1 aliphatic heterocycles. The number of benzene rings is 1. The summed E-state index contributed by atoms with van der Waals surface area (Å²) in [6.45, 7) is 1.31. The molecular formula is C19H22N2O2S. The van der Waals surface area contributed by atoms with Crippen molar-refractivity contribution in [2.45, 2.75) is 31.7 Å². The molecule has 4 nitrogen and oxygen atoms in total. The number of rotatable bonds is 6. The predicted molar refractivity (Wildman–Crippen MR) is 96.2 cm³/mol. The fourth-order valence-corrected chi connectivity index (χ4v) is 3.77. The van der Waals surface area contributed by atoms with E-state index in [2.05, 4.69) is 17.4 Å². The molecule has 1 N–H and O–H groups in total. The second-order valence-corrected chi connectivity index (χ2v) is 6.96. The van der Waals surface area contributed by atoms with Crippen LogP contribution in [-0.4, -0.2) is 35.8 Å². The summed E-state index contributed by atoms with van der Waals surface area (Å²) in [7, 11) is 0. The lowest BCUT2D eigenvalue weighted by molar-refractivity contribution is -0.124. The Hall–Kier alpha value is -2.14. The molecule has 1 atom stereocenters. The fraction of sp³-hybridized carbons (Fsp3) is 0.368. The number of likely N-dealkylation sites (tertiary alicyclic amines) is 1. The molecule has 1 aromatic heterocycles. The Balaban J connectivity index is 1.48. The van der Waals surface area contributed by atoms with E-state index in [0.29, 0.717) is 18.0 Å². The number of hydrogen-bond donors (Lipinski definition) is 1. The quantitative estimate of drug-likeness (QED) is 0.820. The second-order valence-electron chi connectivity index (χ2n) is 6.01. The van der Waals surface area contributed by atoms with Gasteiger partial charge in [-0.15, -0.1) is 11.3 Å². The van der Waals surface area contributed by atoms with Crippen LogP contribution in [0.4, 0.5) is 0 Å². The van der Waals surface area contributed by atoms with Crippen LogP contribution in [0, 0.1) is 0 Å². The molecule has 0 saturated carbocycles. The van der Waals surface area contributed by atoms with Gasteiger partial charge in [0.15, 0.2) is 0 Å². The van der Waals surface area contributed by atoms with Gasteiger partial charge in [-0.05, 0) is 42.7 Å². The first-order valence-electron chi connectivity index (χ1n) is 8.42. The van der Waals surface area contributed by atoms with E-state index in [1.807, 2.05) is 35.7 Å². The molecule has 1 saturated heterocycles. The molecule has 3 rings (SSSR count). The normalized spacial score (nSPS) is 17.0. The molecule has 1 aliphatic rings. The number of hydrogen-bond acceptors (Lipinski definition) is 3. The third kappa shape index (κ3) is 4.03. The van der Waals surface area contributed by atoms with E-state index in [4.69, 9.17) is 0 Å².